The van der Waals surface area contributed by atoms with Gasteiger partial charge in [-0.15, -0.1) is 22.7 Å². The molecule has 0 radical (unpaired) electrons. The minimum absolute atomic E-state index is 0.0966. The maximum absolute atomic E-state index is 12.4. The topological polar surface area (TPSA) is 58.2 Å². The summed E-state index contributed by atoms with van der Waals surface area (Å²) >= 11 is 15.6. The lowest BCUT2D eigenvalue weighted by molar-refractivity contribution is 0.0948. The van der Waals surface area contributed by atoms with Gasteiger partial charge >= 0.3 is 0 Å². The SMILES string of the molecule is O=C(NCCCCCCCCNC(=O)c1sc2ccccc2c1Cl)c1sc2ccccc2c1Cl. The lowest BCUT2D eigenvalue weighted by Crippen LogP contribution is -2.24. The summed E-state index contributed by atoms with van der Waals surface area (Å²) in [6, 6.07) is 15.6. The molecule has 0 fully saturated rings. The molecule has 0 saturated carbocycles. The highest BCUT2D eigenvalue weighted by Crippen LogP contribution is 2.36. The number of halogens is 2. The molecule has 178 valence electrons. The highest BCUT2D eigenvalue weighted by atomic mass is 35.5. The Kier molecular flexibility index (Phi) is 8.84. The second-order valence-electron chi connectivity index (χ2n) is 8.12. The van der Waals surface area contributed by atoms with Gasteiger partial charge < -0.3 is 10.6 Å². The Morgan fingerprint density at radius 2 is 1.00 bits per heavy atom. The summed E-state index contributed by atoms with van der Waals surface area (Å²) in [5, 5.41) is 8.92. The van der Waals surface area contributed by atoms with Crippen molar-refractivity contribution in [3.63, 3.8) is 0 Å². The van der Waals surface area contributed by atoms with Crippen molar-refractivity contribution >= 4 is 77.9 Å². The molecule has 0 unspecified atom stereocenters. The van der Waals surface area contributed by atoms with E-state index in [1.54, 1.807) is 0 Å². The van der Waals surface area contributed by atoms with Crippen molar-refractivity contribution in [2.75, 3.05) is 13.1 Å². The summed E-state index contributed by atoms with van der Waals surface area (Å²) in [5.74, 6) is -0.193. The first-order valence-electron chi connectivity index (χ1n) is 11.5. The monoisotopic (exact) mass is 532 g/mol. The molecule has 2 amide bonds. The molecule has 2 aromatic heterocycles. The molecular formula is C26H26Cl2N2O2S2. The standard InChI is InChI=1S/C26H26Cl2N2O2S2/c27-21-17-11-5-7-13-19(17)33-23(21)25(31)29-15-9-3-1-2-4-10-16-30-26(32)24-22(28)18-12-6-8-14-20(18)34-24/h5-8,11-14H,1-4,9-10,15-16H2,(H,29,31)(H,30,32). The summed E-state index contributed by atoms with van der Waals surface area (Å²) in [7, 11) is 0. The molecule has 2 aromatic carbocycles. The van der Waals surface area contributed by atoms with Gasteiger partial charge in [0.15, 0.2) is 0 Å². The number of thiophene rings is 2. The average molecular weight is 534 g/mol. The van der Waals surface area contributed by atoms with Crippen molar-refractivity contribution < 1.29 is 9.59 Å². The van der Waals surface area contributed by atoms with E-state index in [1.807, 2.05) is 48.5 Å². The average Bonchev–Trinajstić information content (AvgIpc) is 3.37. The molecule has 0 saturated heterocycles. The normalized spacial score (nSPS) is 11.2. The number of hydrogen-bond donors (Lipinski definition) is 2. The van der Waals surface area contributed by atoms with Crippen LogP contribution in [0.3, 0.4) is 0 Å². The van der Waals surface area contributed by atoms with E-state index < -0.39 is 0 Å². The van der Waals surface area contributed by atoms with Crippen LogP contribution in [0.4, 0.5) is 0 Å². The fourth-order valence-electron chi connectivity index (χ4n) is 3.84. The van der Waals surface area contributed by atoms with E-state index in [0.717, 1.165) is 58.7 Å². The maximum atomic E-state index is 12.4. The number of amides is 2. The molecule has 0 aliphatic heterocycles. The van der Waals surface area contributed by atoms with Gasteiger partial charge in [0.1, 0.15) is 9.75 Å². The molecule has 2 N–H and O–H groups in total. The van der Waals surface area contributed by atoms with Crippen LogP contribution in [0.15, 0.2) is 48.5 Å². The minimum Gasteiger partial charge on any atom is -0.351 e. The van der Waals surface area contributed by atoms with Crippen LogP contribution in [0.2, 0.25) is 10.0 Å². The van der Waals surface area contributed by atoms with Crippen LogP contribution in [0, 0.1) is 0 Å². The summed E-state index contributed by atoms with van der Waals surface area (Å²) < 4.78 is 2.06. The van der Waals surface area contributed by atoms with Gasteiger partial charge in [0.05, 0.1) is 10.0 Å². The Balaban J connectivity index is 1.07. The van der Waals surface area contributed by atoms with Gasteiger partial charge in [-0.1, -0.05) is 85.3 Å². The maximum Gasteiger partial charge on any atom is 0.262 e. The van der Waals surface area contributed by atoms with Crippen LogP contribution in [-0.4, -0.2) is 24.9 Å². The molecule has 0 spiro atoms. The molecule has 0 aliphatic rings. The second kappa shape index (κ2) is 12.0. The largest absolute Gasteiger partial charge is 0.351 e. The summed E-state index contributed by atoms with van der Waals surface area (Å²) in [5.41, 5.74) is 0. The smallest absolute Gasteiger partial charge is 0.262 e. The third kappa shape index (κ3) is 5.92. The second-order valence-corrected chi connectivity index (χ2v) is 11.0. The van der Waals surface area contributed by atoms with Crippen LogP contribution in [0.25, 0.3) is 20.2 Å². The highest BCUT2D eigenvalue weighted by molar-refractivity contribution is 7.22. The molecule has 2 heterocycles. The first kappa shape index (κ1) is 25.0. The molecule has 4 nitrogen and oxygen atoms in total. The fraction of sp³-hybridized carbons (Fsp3) is 0.308. The molecule has 4 rings (SSSR count). The lowest BCUT2D eigenvalue weighted by Gasteiger charge is -2.06. The third-order valence-corrected chi connectivity index (χ3v) is 9.01. The number of rotatable bonds is 11. The Hall–Kier alpha value is -2.12. The van der Waals surface area contributed by atoms with E-state index in [2.05, 4.69) is 10.6 Å². The third-order valence-electron chi connectivity index (χ3n) is 5.66. The number of unbranched alkanes of at least 4 members (excludes halogenated alkanes) is 5. The van der Waals surface area contributed by atoms with Gasteiger partial charge in [0, 0.05) is 33.3 Å². The first-order chi connectivity index (χ1) is 16.6. The Bertz CT molecular complexity index is 1200. The zero-order valence-corrected chi connectivity index (χ0v) is 21.8. The quantitative estimate of drug-likeness (QED) is 0.192. The van der Waals surface area contributed by atoms with E-state index in [0.29, 0.717) is 32.9 Å². The molecule has 0 atom stereocenters. The molecule has 0 bridgehead atoms. The fourth-order valence-corrected chi connectivity index (χ4v) is 6.71. The highest BCUT2D eigenvalue weighted by Gasteiger charge is 2.17. The van der Waals surface area contributed by atoms with Crippen molar-refractivity contribution in [3.05, 3.63) is 68.3 Å². The van der Waals surface area contributed by atoms with Crippen LogP contribution in [-0.2, 0) is 0 Å². The van der Waals surface area contributed by atoms with Crippen molar-refractivity contribution in [2.45, 2.75) is 38.5 Å². The number of hydrogen-bond acceptors (Lipinski definition) is 4. The Morgan fingerprint density at radius 1 is 0.618 bits per heavy atom. The first-order valence-corrected chi connectivity index (χ1v) is 13.9. The van der Waals surface area contributed by atoms with Crippen molar-refractivity contribution in [3.8, 4) is 0 Å². The predicted octanol–water partition coefficient (Wildman–Crippen LogP) is 7.92. The molecular weight excluding hydrogens is 507 g/mol. The predicted molar refractivity (Wildman–Crippen MR) is 146 cm³/mol. The van der Waals surface area contributed by atoms with E-state index in [9.17, 15) is 9.59 Å². The zero-order chi connectivity index (χ0) is 23.9. The number of carbonyl (C=O) groups is 2. The van der Waals surface area contributed by atoms with E-state index in [4.69, 9.17) is 23.2 Å². The number of benzene rings is 2. The van der Waals surface area contributed by atoms with Crippen molar-refractivity contribution in [2.24, 2.45) is 0 Å². The molecule has 8 heteroatoms. The van der Waals surface area contributed by atoms with E-state index >= 15 is 0 Å². The summed E-state index contributed by atoms with van der Waals surface area (Å²) in [6.45, 7) is 1.30. The number of nitrogens with one attached hydrogen (secondary N) is 2. The van der Waals surface area contributed by atoms with Gasteiger partial charge in [0.25, 0.3) is 11.8 Å². The number of fused-ring (bicyclic) bond motifs is 2. The van der Waals surface area contributed by atoms with Gasteiger partial charge in [-0.3, -0.25) is 9.59 Å². The van der Waals surface area contributed by atoms with Crippen LogP contribution >= 0.6 is 45.9 Å². The van der Waals surface area contributed by atoms with Gasteiger partial charge in [-0.05, 0) is 25.0 Å². The molecule has 0 aliphatic carbocycles. The van der Waals surface area contributed by atoms with Crippen molar-refractivity contribution in [1.29, 1.82) is 0 Å². The van der Waals surface area contributed by atoms with Gasteiger partial charge in [-0.2, -0.15) is 0 Å². The van der Waals surface area contributed by atoms with Crippen LogP contribution < -0.4 is 10.6 Å². The zero-order valence-electron chi connectivity index (χ0n) is 18.7. The van der Waals surface area contributed by atoms with E-state index in [-0.39, 0.29) is 11.8 Å². The molecule has 34 heavy (non-hydrogen) atoms. The van der Waals surface area contributed by atoms with E-state index in [1.165, 1.54) is 22.7 Å². The van der Waals surface area contributed by atoms with Gasteiger partial charge in [0.2, 0.25) is 0 Å². The summed E-state index contributed by atoms with van der Waals surface area (Å²) in [6.07, 6.45) is 6.21. The summed E-state index contributed by atoms with van der Waals surface area (Å²) in [4.78, 5) is 26.1. The van der Waals surface area contributed by atoms with Gasteiger partial charge in [-0.25, -0.2) is 0 Å². The van der Waals surface area contributed by atoms with Crippen LogP contribution in [0.1, 0.15) is 57.9 Å². The Morgan fingerprint density at radius 3 is 1.41 bits per heavy atom. The lowest BCUT2D eigenvalue weighted by atomic mass is 10.1. The van der Waals surface area contributed by atoms with Crippen LogP contribution in [0.5, 0.6) is 0 Å². The number of carbonyl (C=O) groups excluding carboxylic acids is 2. The van der Waals surface area contributed by atoms with Crippen molar-refractivity contribution in [1.82, 2.24) is 10.6 Å². The Labute approximate surface area is 217 Å². The minimum atomic E-state index is -0.0966. The molecule has 4 aromatic rings.